The van der Waals surface area contributed by atoms with Crippen molar-refractivity contribution in [3.63, 3.8) is 0 Å². The van der Waals surface area contributed by atoms with Crippen molar-refractivity contribution in [3.05, 3.63) is 86.0 Å². The molecule has 0 radical (unpaired) electrons. The average Bonchev–Trinajstić information content (AvgIpc) is 3.21. The van der Waals surface area contributed by atoms with Crippen LogP contribution in [-0.4, -0.2) is 42.7 Å². The molecule has 2 aromatic carbocycles. The van der Waals surface area contributed by atoms with Gasteiger partial charge in [-0.3, -0.25) is 4.79 Å². The van der Waals surface area contributed by atoms with Crippen molar-refractivity contribution in [2.24, 2.45) is 0 Å². The molecule has 36 heavy (non-hydrogen) atoms. The summed E-state index contributed by atoms with van der Waals surface area (Å²) in [4.78, 5) is 16.8. The van der Waals surface area contributed by atoms with Crippen molar-refractivity contribution in [1.82, 2.24) is 9.21 Å². The van der Waals surface area contributed by atoms with E-state index in [4.69, 9.17) is 23.2 Å². The minimum atomic E-state index is -3.81. The maximum atomic E-state index is 13.9. The largest absolute Gasteiger partial charge is 0.331 e. The van der Waals surface area contributed by atoms with E-state index in [-0.39, 0.29) is 21.9 Å². The second kappa shape index (κ2) is 12.1. The lowest BCUT2D eigenvalue weighted by Gasteiger charge is -2.30. The van der Waals surface area contributed by atoms with Gasteiger partial charge in [-0.2, -0.15) is 4.31 Å². The molecule has 4 rings (SSSR count). The van der Waals surface area contributed by atoms with Crippen LogP contribution in [0.25, 0.3) is 0 Å². The van der Waals surface area contributed by atoms with E-state index in [0.29, 0.717) is 36.6 Å². The predicted octanol–water partition coefficient (Wildman–Crippen LogP) is 6.89. The molecule has 0 bridgehead atoms. The first-order valence-electron chi connectivity index (χ1n) is 12.1. The fraction of sp³-hybridized carbons (Fsp3) is 0.370. The van der Waals surface area contributed by atoms with Gasteiger partial charge in [0.25, 0.3) is 5.91 Å². The van der Waals surface area contributed by atoms with E-state index in [1.54, 1.807) is 34.4 Å². The van der Waals surface area contributed by atoms with E-state index in [2.05, 4.69) is 6.07 Å². The van der Waals surface area contributed by atoms with Crippen LogP contribution in [0.1, 0.15) is 53.4 Å². The van der Waals surface area contributed by atoms with E-state index < -0.39 is 10.0 Å². The standard InChI is InChI=1S/C27H30Cl2N2O3S2/c1-20(17-24-7-6-16-35-24)31(19-21-8-11-23(28)12-9-21)27(32)22-10-13-25(29)26(18-22)36(33,34)30-14-4-2-3-5-15-30/h6-13,16,18,20H,2-5,14-15,17,19H2,1H3/t20-/m0/s1. The van der Waals surface area contributed by atoms with Gasteiger partial charge in [0, 0.05) is 47.6 Å². The highest BCUT2D eigenvalue weighted by molar-refractivity contribution is 7.89. The highest BCUT2D eigenvalue weighted by atomic mass is 35.5. The Morgan fingerprint density at radius 3 is 2.36 bits per heavy atom. The van der Waals surface area contributed by atoms with Gasteiger partial charge in [0.2, 0.25) is 10.0 Å². The van der Waals surface area contributed by atoms with Crippen molar-refractivity contribution >= 4 is 50.5 Å². The Balaban J connectivity index is 1.66. The molecular formula is C27H30Cl2N2O3S2. The zero-order valence-corrected chi connectivity index (χ0v) is 23.3. The number of hydrogen-bond acceptors (Lipinski definition) is 4. The highest BCUT2D eigenvalue weighted by Crippen LogP contribution is 2.29. The minimum absolute atomic E-state index is 0.00531. The van der Waals surface area contributed by atoms with Crippen LogP contribution in [-0.2, 0) is 23.0 Å². The van der Waals surface area contributed by atoms with Crippen LogP contribution in [0.2, 0.25) is 10.0 Å². The Kier molecular flexibility index (Phi) is 9.12. The third-order valence-corrected chi connectivity index (χ3v) is 10.0. The van der Waals surface area contributed by atoms with Gasteiger partial charge in [-0.05, 0) is 67.1 Å². The molecule has 0 N–H and O–H groups in total. The van der Waals surface area contributed by atoms with Gasteiger partial charge < -0.3 is 4.90 Å². The van der Waals surface area contributed by atoms with Crippen LogP contribution >= 0.6 is 34.5 Å². The molecule has 1 aliphatic rings. The van der Waals surface area contributed by atoms with Gasteiger partial charge in [0.15, 0.2) is 0 Å². The average molecular weight is 566 g/mol. The van der Waals surface area contributed by atoms with Gasteiger partial charge >= 0.3 is 0 Å². The summed E-state index contributed by atoms with van der Waals surface area (Å²) in [7, 11) is -3.81. The van der Waals surface area contributed by atoms with Crippen LogP contribution < -0.4 is 0 Å². The van der Waals surface area contributed by atoms with E-state index in [0.717, 1.165) is 31.2 Å². The number of nitrogens with zero attached hydrogens (tertiary/aromatic N) is 2. The zero-order chi connectivity index (χ0) is 25.7. The molecule has 0 aliphatic carbocycles. The summed E-state index contributed by atoms with van der Waals surface area (Å²) in [6, 6.07) is 15.9. The summed E-state index contributed by atoms with van der Waals surface area (Å²) < 4.78 is 28.5. The number of rotatable bonds is 8. The van der Waals surface area contributed by atoms with Crippen LogP contribution in [0, 0.1) is 0 Å². The van der Waals surface area contributed by atoms with Crippen molar-refractivity contribution in [3.8, 4) is 0 Å². The summed E-state index contributed by atoms with van der Waals surface area (Å²) >= 11 is 14.1. The summed E-state index contributed by atoms with van der Waals surface area (Å²) in [5.41, 5.74) is 1.25. The summed E-state index contributed by atoms with van der Waals surface area (Å²) in [5.74, 6) is -0.238. The first kappa shape index (κ1) is 27.1. The fourth-order valence-corrected chi connectivity index (χ4v) is 7.44. The molecule has 3 aromatic rings. The second-order valence-electron chi connectivity index (χ2n) is 9.16. The van der Waals surface area contributed by atoms with Gasteiger partial charge in [0.1, 0.15) is 4.90 Å². The lowest BCUT2D eigenvalue weighted by Crippen LogP contribution is -2.39. The van der Waals surface area contributed by atoms with Crippen molar-refractivity contribution in [1.29, 1.82) is 0 Å². The molecule has 0 saturated carbocycles. The predicted molar refractivity (Wildman–Crippen MR) is 147 cm³/mol. The molecule has 1 fully saturated rings. The minimum Gasteiger partial charge on any atom is -0.331 e. The van der Waals surface area contributed by atoms with E-state index >= 15 is 0 Å². The molecule has 0 unspecified atom stereocenters. The number of hydrogen-bond donors (Lipinski definition) is 0. The molecule has 2 heterocycles. The molecule has 1 amide bonds. The van der Waals surface area contributed by atoms with Crippen molar-refractivity contribution < 1.29 is 13.2 Å². The van der Waals surface area contributed by atoms with Crippen LogP contribution in [0.3, 0.4) is 0 Å². The van der Waals surface area contributed by atoms with Crippen molar-refractivity contribution in [2.45, 2.75) is 56.5 Å². The lowest BCUT2D eigenvalue weighted by molar-refractivity contribution is 0.0675. The van der Waals surface area contributed by atoms with Gasteiger partial charge in [-0.15, -0.1) is 11.3 Å². The highest BCUT2D eigenvalue weighted by Gasteiger charge is 2.30. The van der Waals surface area contributed by atoms with E-state index in [1.165, 1.54) is 21.3 Å². The topological polar surface area (TPSA) is 57.7 Å². The maximum absolute atomic E-state index is 13.9. The van der Waals surface area contributed by atoms with Crippen LogP contribution in [0.15, 0.2) is 64.9 Å². The molecule has 9 heteroatoms. The quantitative estimate of drug-likeness (QED) is 0.299. The molecule has 5 nitrogen and oxygen atoms in total. The smallest absolute Gasteiger partial charge is 0.254 e. The Hall–Kier alpha value is -1.90. The molecule has 192 valence electrons. The summed E-state index contributed by atoms with van der Waals surface area (Å²) in [6.07, 6.45) is 4.37. The lowest BCUT2D eigenvalue weighted by atomic mass is 10.1. The number of sulfonamides is 1. The monoisotopic (exact) mass is 564 g/mol. The molecule has 1 saturated heterocycles. The summed E-state index contributed by atoms with van der Waals surface area (Å²) in [6.45, 7) is 3.33. The zero-order valence-electron chi connectivity index (χ0n) is 20.2. The second-order valence-corrected chi connectivity index (χ2v) is 12.9. The Labute approximate surface area is 227 Å². The first-order chi connectivity index (χ1) is 17.3. The van der Waals surface area contributed by atoms with Crippen molar-refractivity contribution in [2.75, 3.05) is 13.1 Å². The third kappa shape index (κ3) is 6.50. The number of benzene rings is 2. The first-order valence-corrected chi connectivity index (χ1v) is 15.2. The van der Waals surface area contributed by atoms with Gasteiger partial charge in [-0.1, -0.05) is 54.2 Å². The molecule has 1 atom stereocenters. The molecule has 0 spiro atoms. The Morgan fingerprint density at radius 1 is 1.03 bits per heavy atom. The van der Waals surface area contributed by atoms with Crippen LogP contribution in [0.5, 0.6) is 0 Å². The fourth-order valence-electron chi connectivity index (χ4n) is 4.47. The maximum Gasteiger partial charge on any atom is 0.254 e. The molecular weight excluding hydrogens is 535 g/mol. The van der Waals surface area contributed by atoms with E-state index in [9.17, 15) is 13.2 Å². The third-order valence-electron chi connectivity index (χ3n) is 6.50. The number of amides is 1. The number of carbonyl (C=O) groups is 1. The van der Waals surface area contributed by atoms with Gasteiger partial charge in [0.05, 0.1) is 5.02 Å². The number of halogens is 2. The van der Waals surface area contributed by atoms with E-state index in [1.807, 2.05) is 30.5 Å². The van der Waals surface area contributed by atoms with Crippen LogP contribution in [0.4, 0.5) is 0 Å². The Morgan fingerprint density at radius 2 is 1.72 bits per heavy atom. The SMILES string of the molecule is C[C@@H](Cc1cccs1)N(Cc1ccc(Cl)cc1)C(=O)c1ccc(Cl)c(S(=O)(=O)N2CCCCCC2)c1. The normalized spacial score (nSPS) is 15.9. The number of carbonyl (C=O) groups excluding carboxylic acids is 1. The Bertz CT molecular complexity index is 1270. The molecule has 1 aromatic heterocycles. The van der Waals surface area contributed by atoms with Gasteiger partial charge in [-0.25, -0.2) is 8.42 Å². The molecule has 1 aliphatic heterocycles. The number of thiophene rings is 1. The summed E-state index contributed by atoms with van der Waals surface area (Å²) in [5, 5.41) is 2.78.